The predicted octanol–water partition coefficient (Wildman–Crippen LogP) is 4.31. The summed E-state index contributed by atoms with van der Waals surface area (Å²) in [6.45, 7) is 10.7. The number of fused-ring (bicyclic) bond motifs is 1. The van der Waals surface area contributed by atoms with Gasteiger partial charge in [-0.05, 0) is 62.7 Å². The van der Waals surface area contributed by atoms with Gasteiger partial charge in [0.1, 0.15) is 17.7 Å². The van der Waals surface area contributed by atoms with E-state index in [0.717, 1.165) is 121 Å². The SMILES string of the molecule is CN1CCC(Oc2ccc(-c3nc4c(c(NCCCN5CCOCC5)n3)CN(Cc3ccccc3)CC4)cc2)CC1. The molecule has 8 heteroatoms. The first-order chi connectivity index (χ1) is 20.2. The molecule has 3 aliphatic rings. The molecule has 2 fully saturated rings. The third kappa shape index (κ3) is 7.63. The number of likely N-dealkylation sites (tertiary alicyclic amines) is 1. The summed E-state index contributed by atoms with van der Waals surface area (Å²) in [5.41, 5.74) is 4.79. The Morgan fingerprint density at radius 1 is 0.902 bits per heavy atom. The van der Waals surface area contributed by atoms with Crippen LogP contribution in [0.3, 0.4) is 0 Å². The second-order valence-corrected chi connectivity index (χ2v) is 11.6. The molecule has 0 amide bonds. The van der Waals surface area contributed by atoms with Crippen LogP contribution in [0.2, 0.25) is 0 Å². The Morgan fingerprint density at radius 2 is 1.68 bits per heavy atom. The van der Waals surface area contributed by atoms with Crippen LogP contribution in [0.15, 0.2) is 54.6 Å². The maximum atomic E-state index is 6.29. The summed E-state index contributed by atoms with van der Waals surface area (Å²) in [6, 6.07) is 19.1. The molecule has 1 N–H and O–H groups in total. The summed E-state index contributed by atoms with van der Waals surface area (Å²) < 4.78 is 11.8. The van der Waals surface area contributed by atoms with Crippen LogP contribution in [-0.2, 0) is 24.2 Å². The normalized spacial score (nSPS) is 19.1. The largest absolute Gasteiger partial charge is 0.490 e. The number of benzene rings is 2. The zero-order chi connectivity index (χ0) is 27.9. The van der Waals surface area contributed by atoms with Crippen molar-refractivity contribution >= 4 is 5.82 Å². The summed E-state index contributed by atoms with van der Waals surface area (Å²) in [5.74, 6) is 2.71. The highest BCUT2D eigenvalue weighted by molar-refractivity contribution is 5.61. The number of nitrogens with zero attached hydrogens (tertiary/aromatic N) is 5. The zero-order valence-electron chi connectivity index (χ0n) is 24.4. The Labute approximate surface area is 244 Å². The van der Waals surface area contributed by atoms with Crippen LogP contribution in [0, 0.1) is 0 Å². The van der Waals surface area contributed by atoms with E-state index in [9.17, 15) is 0 Å². The molecule has 0 atom stereocenters. The first kappa shape index (κ1) is 28.1. The molecule has 0 unspecified atom stereocenters. The van der Waals surface area contributed by atoms with Crippen LogP contribution in [-0.4, -0.2) is 96.8 Å². The van der Waals surface area contributed by atoms with E-state index in [0.29, 0.717) is 6.10 Å². The van der Waals surface area contributed by atoms with Crippen LogP contribution in [0.25, 0.3) is 11.4 Å². The third-order valence-electron chi connectivity index (χ3n) is 8.52. The summed E-state index contributed by atoms with van der Waals surface area (Å²) >= 11 is 0. The first-order valence-electron chi connectivity index (χ1n) is 15.4. The van der Waals surface area contributed by atoms with E-state index < -0.39 is 0 Å². The summed E-state index contributed by atoms with van der Waals surface area (Å²) in [4.78, 5) is 17.6. The summed E-state index contributed by atoms with van der Waals surface area (Å²) in [5, 5.41) is 3.71. The molecule has 2 aromatic carbocycles. The number of hydrogen-bond donors (Lipinski definition) is 1. The third-order valence-corrected chi connectivity index (χ3v) is 8.52. The highest BCUT2D eigenvalue weighted by Gasteiger charge is 2.24. The van der Waals surface area contributed by atoms with Gasteiger partial charge in [0.25, 0.3) is 0 Å². The van der Waals surface area contributed by atoms with Crippen molar-refractivity contribution in [3.8, 4) is 17.1 Å². The molecular weight excluding hydrogens is 512 g/mol. The van der Waals surface area contributed by atoms with Gasteiger partial charge >= 0.3 is 0 Å². The monoisotopic (exact) mass is 556 g/mol. The van der Waals surface area contributed by atoms with Gasteiger partial charge in [0.2, 0.25) is 0 Å². The number of aromatic nitrogens is 2. The number of morpholine rings is 1. The lowest BCUT2D eigenvalue weighted by atomic mass is 10.0. The number of rotatable bonds is 10. The van der Waals surface area contributed by atoms with Gasteiger partial charge in [0.05, 0.1) is 18.9 Å². The molecule has 1 aromatic heterocycles. The quantitative estimate of drug-likeness (QED) is 0.371. The average molecular weight is 557 g/mol. The molecule has 6 rings (SSSR count). The maximum Gasteiger partial charge on any atom is 0.161 e. The Balaban J connectivity index is 1.16. The second-order valence-electron chi connectivity index (χ2n) is 11.6. The molecule has 218 valence electrons. The van der Waals surface area contributed by atoms with E-state index in [4.69, 9.17) is 19.4 Å². The summed E-state index contributed by atoms with van der Waals surface area (Å²) in [6.07, 6.45) is 4.45. The van der Waals surface area contributed by atoms with E-state index in [-0.39, 0.29) is 0 Å². The molecule has 41 heavy (non-hydrogen) atoms. The van der Waals surface area contributed by atoms with Gasteiger partial charge < -0.3 is 19.7 Å². The molecule has 4 heterocycles. The smallest absolute Gasteiger partial charge is 0.161 e. The minimum absolute atomic E-state index is 0.296. The van der Waals surface area contributed by atoms with Crippen LogP contribution >= 0.6 is 0 Å². The van der Waals surface area contributed by atoms with E-state index in [2.05, 4.69) is 81.7 Å². The van der Waals surface area contributed by atoms with Crippen LogP contribution in [0.1, 0.15) is 36.1 Å². The fourth-order valence-electron chi connectivity index (χ4n) is 6.03. The van der Waals surface area contributed by atoms with Crippen molar-refractivity contribution in [3.63, 3.8) is 0 Å². The van der Waals surface area contributed by atoms with E-state index >= 15 is 0 Å². The molecular formula is C33H44N6O2. The lowest BCUT2D eigenvalue weighted by molar-refractivity contribution is 0.0378. The second kappa shape index (κ2) is 13.7. The molecule has 3 aliphatic heterocycles. The number of piperidine rings is 1. The van der Waals surface area contributed by atoms with E-state index in [1.165, 1.54) is 16.8 Å². The molecule has 0 aliphatic carbocycles. The van der Waals surface area contributed by atoms with Crippen molar-refractivity contribution in [2.45, 2.75) is 44.9 Å². The van der Waals surface area contributed by atoms with Crippen molar-refractivity contribution in [2.24, 2.45) is 0 Å². The van der Waals surface area contributed by atoms with Crippen LogP contribution in [0.4, 0.5) is 5.82 Å². The Bertz CT molecular complexity index is 1240. The minimum atomic E-state index is 0.296. The number of hydrogen-bond acceptors (Lipinski definition) is 8. The highest BCUT2D eigenvalue weighted by Crippen LogP contribution is 2.29. The Kier molecular flexibility index (Phi) is 9.42. The van der Waals surface area contributed by atoms with Crippen LogP contribution < -0.4 is 10.1 Å². The number of ether oxygens (including phenoxy) is 2. The molecule has 2 saturated heterocycles. The van der Waals surface area contributed by atoms with Gasteiger partial charge in [-0.3, -0.25) is 9.80 Å². The Hall–Kier alpha value is -3.04. The standard InChI is InChI=1S/C33H44N6O2/c1-37-17-12-29(13-18-37)41-28-10-8-27(9-11-28)32-35-31-14-19-39(24-26-6-3-2-4-7-26)25-30(31)33(36-32)34-15-5-16-38-20-22-40-23-21-38/h2-4,6-11,29H,5,12-25H2,1H3,(H,34,35,36). The molecule has 3 aromatic rings. The van der Waals surface area contributed by atoms with Gasteiger partial charge in [0.15, 0.2) is 5.82 Å². The van der Waals surface area contributed by atoms with E-state index in [1.807, 2.05) is 0 Å². The lowest BCUT2D eigenvalue weighted by Crippen LogP contribution is -2.37. The molecule has 8 nitrogen and oxygen atoms in total. The predicted molar refractivity (Wildman–Crippen MR) is 163 cm³/mol. The molecule has 0 saturated carbocycles. The molecule has 0 spiro atoms. The van der Waals surface area contributed by atoms with E-state index in [1.54, 1.807) is 0 Å². The average Bonchev–Trinajstić information content (AvgIpc) is 3.02. The summed E-state index contributed by atoms with van der Waals surface area (Å²) in [7, 11) is 2.18. The minimum Gasteiger partial charge on any atom is -0.490 e. The zero-order valence-corrected chi connectivity index (χ0v) is 24.4. The van der Waals surface area contributed by atoms with Gasteiger partial charge in [-0.2, -0.15) is 0 Å². The Morgan fingerprint density at radius 3 is 2.46 bits per heavy atom. The fourth-order valence-corrected chi connectivity index (χ4v) is 6.03. The lowest BCUT2D eigenvalue weighted by Gasteiger charge is -2.30. The molecule has 0 radical (unpaired) electrons. The van der Waals surface area contributed by atoms with Gasteiger partial charge in [-0.25, -0.2) is 9.97 Å². The topological polar surface area (TPSA) is 66.0 Å². The van der Waals surface area contributed by atoms with Crippen molar-refractivity contribution in [1.82, 2.24) is 24.7 Å². The van der Waals surface area contributed by atoms with Crippen molar-refractivity contribution in [2.75, 3.05) is 71.4 Å². The van der Waals surface area contributed by atoms with Crippen molar-refractivity contribution in [3.05, 3.63) is 71.4 Å². The van der Waals surface area contributed by atoms with Crippen LogP contribution in [0.5, 0.6) is 5.75 Å². The first-order valence-corrected chi connectivity index (χ1v) is 15.4. The highest BCUT2D eigenvalue weighted by atomic mass is 16.5. The fraction of sp³-hybridized carbons (Fsp3) is 0.515. The number of nitrogens with one attached hydrogen (secondary N) is 1. The van der Waals surface area contributed by atoms with Crippen molar-refractivity contribution < 1.29 is 9.47 Å². The maximum absolute atomic E-state index is 6.29. The van der Waals surface area contributed by atoms with Gasteiger partial charge in [0, 0.05) is 69.9 Å². The van der Waals surface area contributed by atoms with Gasteiger partial charge in [-0.1, -0.05) is 30.3 Å². The molecule has 0 bridgehead atoms. The van der Waals surface area contributed by atoms with Crippen molar-refractivity contribution in [1.29, 1.82) is 0 Å². The van der Waals surface area contributed by atoms with Gasteiger partial charge in [-0.15, -0.1) is 0 Å². The number of anilines is 1.